The maximum absolute atomic E-state index is 12.0. The Morgan fingerprint density at radius 3 is 2.63 bits per heavy atom. The third kappa shape index (κ3) is 4.73. The molecular weight excluding hydrogens is 262 g/mol. The lowest BCUT2D eigenvalue weighted by Crippen LogP contribution is -2.39. The van der Waals surface area contributed by atoms with E-state index < -0.39 is 0 Å². The van der Waals surface area contributed by atoms with Gasteiger partial charge >= 0.3 is 0 Å². The Morgan fingerprint density at radius 1 is 1.42 bits per heavy atom. The molecule has 0 bridgehead atoms. The van der Waals surface area contributed by atoms with E-state index in [9.17, 15) is 4.79 Å². The van der Waals surface area contributed by atoms with Crippen LogP contribution in [0.15, 0.2) is 18.2 Å². The number of nitrogens with two attached hydrogens (primary N) is 1. The summed E-state index contributed by atoms with van der Waals surface area (Å²) in [5.74, 6) is 0.401. The second-order valence-corrected chi connectivity index (χ2v) is 5.62. The summed E-state index contributed by atoms with van der Waals surface area (Å²) in [5.41, 5.74) is 6.86. The van der Waals surface area contributed by atoms with E-state index in [0.717, 1.165) is 0 Å². The van der Waals surface area contributed by atoms with Gasteiger partial charge in [-0.15, -0.1) is 0 Å². The van der Waals surface area contributed by atoms with Crippen LogP contribution in [-0.4, -0.2) is 30.4 Å². The molecule has 1 amide bonds. The number of carbonyl (C=O) groups excluding carboxylic acids is 1. The molecule has 4 nitrogen and oxygen atoms in total. The van der Waals surface area contributed by atoms with Crippen molar-refractivity contribution in [2.45, 2.75) is 26.8 Å². The van der Waals surface area contributed by atoms with Crippen LogP contribution in [0.25, 0.3) is 0 Å². The molecule has 0 aliphatic carbocycles. The summed E-state index contributed by atoms with van der Waals surface area (Å²) in [6.45, 7) is 6.69. The highest BCUT2D eigenvalue weighted by Crippen LogP contribution is 2.22. The maximum atomic E-state index is 12.0. The van der Waals surface area contributed by atoms with E-state index in [1.54, 1.807) is 18.2 Å². The summed E-state index contributed by atoms with van der Waals surface area (Å²) in [6.07, 6.45) is 0. The van der Waals surface area contributed by atoms with Crippen LogP contribution in [0.3, 0.4) is 0 Å². The van der Waals surface area contributed by atoms with Crippen LogP contribution in [0.5, 0.6) is 0 Å². The number of hydrogen-bond donors (Lipinski definition) is 2. The highest BCUT2D eigenvalue weighted by atomic mass is 35.5. The number of rotatable bonds is 5. The lowest BCUT2D eigenvalue weighted by molar-refractivity contribution is -0.117. The quantitative estimate of drug-likeness (QED) is 0.817. The number of benzene rings is 1. The lowest BCUT2D eigenvalue weighted by atomic mass is 10.1. The van der Waals surface area contributed by atoms with Crippen LogP contribution in [0.2, 0.25) is 5.02 Å². The monoisotopic (exact) mass is 283 g/mol. The van der Waals surface area contributed by atoms with Crippen molar-refractivity contribution in [3.63, 3.8) is 0 Å². The van der Waals surface area contributed by atoms with Crippen molar-refractivity contribution in [3.05, 3.63) is 23.2 Å². The zero-order valence-corrected chi connectivity index (χ0v) is 12.7. The Balaban J connectivity index is 2.63. The Hall–Kier alpha value is -1.26. The fraction of sp³-hybridized carbons (Fsp3) is 0.500. The van der Waals surface area contributed by atoms with Gasteiger partial charge in [0, 0.05) is 11.1 Å². The molecule has 5 heteroatoms. The van der Waals surface area contributed by atoms with Gasteiger partial charge in [-0.2, -0.15) is 0 Å². The number of nitrogens with one attached hydrogen (secondary N) is 1. The highest BCUT2D eigenvalue weighted by molar-refractivity contribution is 6.31. The molecule has 106 valence electrons. The molecule has 1 atom stereocenters. The molecule has 0 saturated carbocycles. The predicted molar refractivity (Wildman–Crippen MR) is 81.4 cm³/mol. The van der Waals surface area contributed by atoms with Crippen molar-refractivity contribution >= 4 is 28.9 Å². The van der Waals surface area contributed by atoms with Crippen LogP contribution in [0, 0.1) is 5.92 Å². The SMILES string of the molecule is CC(C)C(C)N(C)CC(=O)Nc1cc(Cl)ccc1N. The van der Waals surface area contributed by atoms with Crippen molar-refractivity contribution in [3.8, 4) is 0 Å². The van der Waals surface area contributed by atoms with Crippen molar-refractivity contribution in [2.24, 2.45) is 5.92 Å². The fourth-order valence-corrected chi connectivity index (χ4v) is 1.88. The average Bonchev–Trinajstić information content (AvgIpc) is 2.32. The first-order valence-electron chi connectivity index (χ1n) is 6.36. The molecule has 1 aromatic rings. The molecule has 0 spiro atoms. The molecule has 0 aliphatic heterocycles. The summed E-state index contributed by atoms with van der Waals surface area (Å²) in [6, 6.07) is 5.36. The zero-order valence-electron chi connectivity index (χ0n) is 11.9. The topological polar surface area (TPSA) is 58.4 Å². The van der Waals surface area contributed by atoms with E-state index in [1.165, 1.54) is 0 Å². The Morgan fingerprint density at radius 2 is 2.05 bits per heavy atom. The second kappa shape index (κ2) is 6.78. The van der Waals surface area contributed by atoms with Gasteiger partial charge in [-0.25, -0.2) is 0 Å². The Kier molecular flexibility index (Phi) is 5.63. The van der Waals surface area contributed by atoms with Gasteiger partial charge in [0.2, 0.25) is 5.91 Å². The number of hydrogen-bond acceptors (Lipinski definition) is 3. The Bertz CT molecular complexity index is 448. The molecule has 0 heterocycles. The van der Waals surface area contributed by atoms with Gasteiger partial charge in [0.25, 0.3) is 0 Å². The van der Waals surface area contributed by atoms with Crippen LogP contribution < -0.4 is 11.1 Å². The molecule has 19 heavy (non-hydrogen) atoms. The number of halogens is 1. The van der Waals surface area contributed by atoms with E-state index in [-0.39, 0.29) is 5.91 Å². The van der Waals surface area contributed by atoms with Crippen LogP contribution >= 0.6 is 11.6 Å². The first-order valence-corrected chi connectivity index (χ1v) is 6.74. The maximum Gasteiger partial charge on any atom is 0.238 e. The minimum atomic E-state index is -0.0935. The minimum Gasteiger partial charge on any atom is -0.397 e. The standard InChI is InChI=1S/C14H22ClN3O/c1-9(2)10(3)18(4)8-14(19)17-13-7-11(15)5-6-12(13)16/h5-7,9-10H,8,16H2,1-4H3,(H,17,19). The molecule has 0 aromatic heterocycles. The molecule has 1 rings (SSSR count). The van der Waals surface area contributed by atoms with Crippen molar-refractivity contribution in [1.29, 1.82) is 0 Å². The van der Waals surface area contributed by atoms with Crippen LogP contribution in [0.4, 0.5) is 11.4 Å². The largest absolute Gasteiger partial charge is 0.397 e. The van der Waals surface area contributed by atoms with E-state index in [0.29, 0.717) is 34.9 Å². The third-order valence-electron chi connectivity index (χ3n) is 3.34. The number of nitrogens with zero attached hydrogens (tertiary/aromatic N) is 1. The van der Waals surface area contributed by atoms with Gasteiger partial charge in [0.05, 0.1) is 17.9 Å². The molecule has 0 saturated heterocycles. The van der Waals surface area contributed by atoms with Crippen LogP contribution in [-0.2, 0) is 4.79 Å². The van der Waals surface area contributed by atoms with Gasteiger partial charge in [0.1, 0.15) is 0 Å². The summed E-state index contributed by atoms with van der Waals surface area (Å²) in [5, 5.41) is 3.34. The van der Waals surface area contributed by atoms with E-state index in [2.05, 4.69) is 26.1 Å². The van der Waals surface area contributed by atoms with Gasteiger partial charge in [-0.05, 0) is 38.1 Å². The number of likely N-dealkylation sites (N-methyl/N-ethyl adjacent to an activating group) is 1. The fourth-order valence-electron chi connectivity index (χ4n) is 1.71. The lowest BCUT2D eigenvalue weighted by Gasteiger charge is -2.27. The molecule has 0 aliphatic rings. The number of anilines is 2. The van der Waals surface area contributed by atoms with Crippen LogP contribution in [0.1, 0.15) is 20.8 Å². The summed E-state index contributed by atoms with van der Waals surface area (Å²) >= 11 is 5.88. The van der Waals surface area contributed by atoms with Crippen molar-refractivity contribution in [2.75, 3.05) is 24.6 Å². The first-order chi connectivity index (χ1) is 8.81. The molecule has 0 radical (unpaired) electrons. The average molecular weight is 284 g/mol. The molecule has 1 aromatic carbocycles. The predicted octanol–water partition coefficient (Wildman–Crippen LogP) is 2.84. The summed E-state index contributed by atoms with van der Waals surface area (Å²) in [4.78, 5) is 14.0. The van der Waals surface area contributed by atoms with Gasteiger partial charge < -0.3 is 11.1 Å². The number of amides is 1. The number of nitrogen functional groups attached to an aromatic ring is 1. The summed E-state index contributed by atoms with van der Waals surface area (Å²) < 4.78 is 0. The van der Waals surface area contributed by atoms with Crippen molar-refractivity contribution < 1.29 is 4.79 Å². The number of carbonyl (C=O) groups is 1. The third-order valence-corrected chi connectivity index (χ3v) is 3.58. The van der Waals surface area contributed by atoms with E-state index in [4.69, 9.17) is 17.3 Å². The first kappa shape index (κ1) is 15.8. The van der Waals surface area contributed by atoms with Crippen molar-refractivity contribution in [1.82, 2.24) is 4.90 Å². The Labute approximate surface area is 119 Å². The molecular formula is C14H22ClN3O. The second-order valence-electron chi connectivity index (χ2n) is 5.18. The van der Waals surface area contributed by atoms with Gasteiger partial charge in [-0.3, -0.25) is 9.69 Å². The minimum absolute atomic E-state index is 0.0935. The molecule has 0 fully saturated rings. The smallest absolute Gasteiger partial charge is 0.238 e. The zero-order chi connectivity index (χ0) is 14.6. The molecule has 1 unspecified atom stereocenters. The van der Waals surface area contributed by atoms with E-state index >= 15 is 0 Å². The summed E-state index contributed by atoms with van der Waals surface area (Å²) in [7, 11) is 1.94. The van der Waals surface area contributed by atoms with Gasteiger partial charge in [-0.1, -0.05) is 25.4 Å². The van der Waals surface area contributed by atoms with E-state index in [1.807, 2.05) is 11.9 Å². The highest BCUT2D eigenvalue weighted by Gasteiger charge is 2.16. The molecule has 3 N–H and O–H groups in total. The van der Waals surface area contributed by atoms with Gasteiger partial charge in [0.15, 0.2) is 0 Å². The normalized spacial score (nSPS) is 12.8.